The van der Waals surface area contributed by atoms with E-state index in [0.717, 1.165) is 12.8 Å². The summed E-state index contributed by atoms with van der Waals surface area (Å²) in [6.45, 7) is 0.976. The number of hydrogen-bond acceptors (Lipinski definition) is 10. The van der Waals surface area contributed by atoms with E-state index in [0.29, 0.717) is 68.2 Å². The SMILES string of the molecule is O=C(CCCCCNC(=O)CCCCC(=O)ON1C(=O)CCC1=O)NCCCCCC(=O)ON1C(=O)CCC1=O. The first kappa shape index (κ1) is 32.4. The first-order valence-corrected chi connectivity index (χ1v) is 13.8. The van der Waals surface area contributed by atoms with E-state index in [9.17, 15) is 38.4 Å². The van der Waals surface area contributed by atoms with Crippen LogP contribution in [0.5, 0.6) is 0 Å². The molecule has 2 aliphatic rings. The fourth-order valence-corrected chi connectivity index (χ4v) is 3.96. The number of carbonyl (C=O) groups is 8. The second kappa shape index (κ2) is 17.7. The molecular formula is C26H38N4O10. The second-order valence-electron chi connectivity index (χ2n) is 9.62. The maximum Gasteiger partial charge on any atom is 0.333 e. The van der Waals surface area contributed by atoms with Crippen LogP contribution in [0.3, 0.4) is 0 Å². The molecule has 2 saturated heterocycles. The predicted octanol–water partition coefficient (Wildman–Crippen LogP) is 1.11. The molecule has 14 heteroatoms. The van der Waals surface area contributed by atoms with E-state index in [2.05, 4.69) is 10.6 Å². The van der Waals surface area contributed by atoms with Crippen LogP contribution in [0, 0.1) is 0 Å². The molecule has 2 aliphatic heterocycles. The van der Waals surface area contributed by atoms with E-state index >= 15 is 0 Å². The lowest BCUT2D eigenvalue weighted by molar-refractivity contribution is -0.197. The highest BCUT2D eigenvalue weighted by atomic mass is 16.7. The number of rotatable bonds is 19. The lowest BCUT2D eigenvalue weighted by atomic mass is 10.1. The maximum atomic E-state index is 11.9. The predicted molar refractivity (Wildman–Crippen MR) is 136 cm³/mol. The maximum absolute atomic E-state index is 11.9. The Morgan fingerprint density at radius 1 is 0.500 bits per heavy atom. The highest BCUT2D eigenvalue weighted by Gasteiger charge is 2.33. The van der Waals surface area contributed by atoms with Crippen molar-refractivity contribution in [3.63, 3.8) is 0 Å². The molecule has 0 radical (unpaired) electrons. The minimum atomic E-state index is -0.678. The molecule has 0 aliphatic carbocycles. The summed E-state index contributed by atoms with van der Waals surface area (Å²) in [7, 11) is 0. The van der Waals surface area contributed by atoms with Gasteiger partial charge in [0.25, 0.3) is 23.6 Å². The van der Waals surface area contributed by atoms with Gasteiger partial charge in [0.05, 0.1) is 0 Å². The van der Waals surface area contributed by atoms with Gasteiger partial charge in [-0.1, -0.05) is 12.8 Å². The zero-order chi connectivity index (χ0) is 29.3. The van der Waals surface area contributed by atoms with Gasteiger partial charge in [-0.3, -0.25) is 28.8 Å². The van der Waals surface area contributed by atoms with Crippen molar-refractivity contribution >= 4 is 47.4 Å². The average Bonchev–Trinajstić information content (AvgIpc) is 3.40. The Balaban J connectivity index is 1.35. The van der Waals surface area contributed by atoms with Crippen LogP contribution >= 0.6 is 0 Å². The van der Waals surface area contributed by atoms with Crippen molar-refractivity contribution < 1.29 is 48.0 Å². The Kier molecular flexibility index (Phi) is 14.3. The standard InChI is InChI=1S/C26H38N4O10/c31-19(27-18-8-2-4-11-25(37)39-29-21(33)13-14-22(29)34)9-3-1-7-17-28-20(32)10-5-6-12-26(38)40-30-23(35)15-16-24(30)36/h1-18H2,(H,27,31)(H,28,32). The smallest absolute Gasteiger partial charge is 0.333 e. The molecule has 0 aromatic rings. The minimum Gasteiger partial charge on any atom is -0.356 e. The summed E-state index contributed by atoms with van der Waals surface area (Å²) >= 11 is 0. The van der Waals surface area contributed by atoms with Crippen LogP contribution in [0.4, 0.5) is 0 Å². The Hall–Kier alpha value is -3.84. The van der Waals surface area contributed by atoms with Gasteiger partial charge in [-0.05, 0) is 38.5 Å². The molecule has 2 heterocycles. The van der Waals surface area contributed by atoms with Crippen molar-refractivity contribution in [2.24, 2.45) is 0 Å². The third-order valence-corrected chi connectivity index (χ3v) is 6.22. The number of unbranched alkanes of at least 4 members (excludes halogenated alkanes) is 5. The molecule has 222 valence electrons. The molecule has 0 aromatic heterocycles. The van der Waals surface area contributed by atoms with E-state index in [1.807, 2.05) is 0 Å². The third kappa shape index (κ3) is 12.3. The van der Waals surface area contributed by atoms with Crippen LogP contribution in [0.2, 0.25) is 0 Å². The Bertz CT molecular complexity index is 935. The molecule has 0 saturated carbocycles. The van der Waals surface area contributed by atoms with Crippen molar-refractivity contribution in [3.8, 4) is 0 Å². The summed E-state index contributed by atoms with van der Waals surface area (Å²) in [6, 6.07) is 0. The first-order chi connectivity index (χ1) is 19.2. The van der Waals surface area contributed by atoms with Gasteiger partial charge in [-0.2, -0.15) is 0 Å². The molecule has 0 unspecified atom stereocenters. The van der Waals surface area contributed by atoms with Crippen LogP contribution in [-0.4, -0.2) is 70.6 Å². The zero-order valence-corrected chi connectivity index (χ0v) is 22.7. The van der Waals surface area contributed by atoms with Gasteiger partial charge in [-0.15, -0.1) is 10.1 Å². The van der Waals surface area contributed by atoms with Gasteiger partial charge < -0.3 is 20.3 Å². The van der Waals surface area contributed by atoms with Crippen LogP contribution in [0.1, 0.15) is 103 Å². The quantitative estimate of drug-likeness (QED) is 0.169. The zero-order valence-electron chi connectivity index (χ0n) is 22.7. The van der Waals surface area contributed by atoms with Crippen molar-refractivity contribution in [1.82, 2.24) is 20.8 Å². The normalized spacial score (nSPS) is 15.0. The molecule has 0 atom stereocenters. The number of hydrogen-bond donors (Lipinski definition) is 2. The van der Waals surface area contributed by atoms with Gasteiger partial charge in [0.2, 0.25) is 11.8 Å². The number of carbonyl (C=O) groups excluding carboxylic acids is 8. The number of nitrogens with zero attached hydrogens (tertiary/aromatic N) is 2. The molecule has 0 aromatic carbocycles. The molecule has 40 heavy (non-hydrogen) atoms. The molecule has 0 spiro atoms. The fraction of sp³-hybridized carbons (Fsp3) is 0.692. The lowest BCUT2D eigenvalue weighted by Crippen LogP contribution is -2.32. The van der Waals surface area contributed by atoms with Crippen LogP contribution in [0.15, 0.2) is 0 Å². The number of hydroxylamine groups is 4. The molecule has 0 bridgehead atoms. The molecule has 6 amide bonds. The topological polar surface area (TPSA) is 186 Å². The second-order valence-corrected chi connectivity index (χ2v) is 9.62. The fourth-order valence-electron chi connectivity index (χ4n) is 3.96. The van der Waals surface area contributed by atoms with E-state index in [-0.39, 0.29) is 56.8 Å². The van der Waals surface area contributed by atoms with E-state index in [1.54, 1.807) is 0 Å². The summed E-state index contributed by atoms with van der Waals surface area (Å²) in [4.78, 5) is 102. The van der Waals surface area contributed by atoms with Gasteiger partial charge in [0.1, 0.15) is 0 Å². The number of nitrogens with one attached hydrogen (secondary N) is 2. The number of imide groups is 2. The molecule has 2 rings (SSSR count). The Morgan fingerprint density at radius 3 is 1.23 bits per heavy atom. The van der Waals surface area contributed by atoms with Crippen LogP contribution in [0.25, 0.3) is 0 Å². The highest BCUT2D eigenvalue weighted by molar-refractivity contribution is 6.02. The van der Waals surface area contributed by atoms with Crippen molar-refractivity contribution in [3.05, 3.63) is 0 Å². The van der Waals surface area contributed by atoms with E-state index in [1.165, 1.54) is 0 Å². The van der Waals surface area contributed by atoms with Crippen molar-refractivity contribution in [1.29, 1.82) is 0 Å². The van der Waals surface area contributed by atoms with Crippen LogP contribution in [-0.2, 0) is 48.0 Å². The number of amides is 6. The summed E-state index contributed by atoms with van der Waals surface area (Å²) in [5, 5.41) is 6.66. The molecule has 14 nitrogen and oxygen atoms in total. The molecular weight excluding hydrogens is 528 g/mol. The van der Waals surface area contributed by atoms with Crippen LogP contribution < -0.4 is 10.6 Å². The lowest BCUT2D eigenvalue weighted by Gasteiger charge is -2.12. The van der Waals surface area contributed by atoms with Crippen molar-refractivity contribution in [2.45, 2.75) is 103 Å². The highest BCUT2D eigenvalue weighted by Crippen LogP contribution is 2.14. The average molecular weight is 567 g/mol. The van der Waals surface area contributed by atoms with E-state index < -0.39 is 35.6 Å². The molecule has 2 N–H and O–H groups in total. The monoisotopic (exact) mass is 566 g/mol. The van der Waals surface area contributed by atoms with Gasteiger partial charge in [0, 0.05) is 64.5 Å². The summed E-state index contributed by atoms with van der Waals surface area (Å²) in [6.07, 6.45) is 5.86. The van der Waals surface area contributed by atoms with Gasteiger partial charge in [-0.25, -0.2) is 9.59 Å². The van der Waals surface area contributed by atoms with E-state index in [4.69, 9.17) is 9.68 Å². The summed E-state index contributed by atoms with van der Waals surface area (Å²) in [5.74, 6) is -3.57. The van der Waals surface area contributed by atoms with Crippen molar-refractivity contribution in [2.75, 3.05) is 13.1 Å². The summed E-state index contributed by atoms with van der Waals surface area (Å²) in [5.41, 5.74) is 0. The largest absolute Gasteiger partial charge is 0.356 e. The summed E-state index contributed by atoms with van der Waals surface area (Å²) < 4.78 is 0. The third-order valence-electron chi connectivity index (χ3n) is 6.22. The molecule has 2 fully saturated rings. The minimum absolute atomic E-state index is 0.00619. The Morgan fingerprint density at radius 2 is 0.825 bits per heavy atom. The first-order valence-electron chi connectivity index (χ1n) is 13.8. The Labute approximate surface area is 232 Å². The van der Waals surface area contributed by atoms with Gasteiger partial charge in [0.15, 0.2) is 0 Å². The van der Waals surface area contributed by atoms with Gasteiger partial charge >= 0.3 is 11.9 Å².